The van der Waals surface area contributed by atoms with Crippen LogP contribution in [0.1, 0.15) is 17.2 Å². The summed E-state index contributed by atoms with van der Waals surface area (Å²) in [7, 11) is 0. The molecule has 0 radical (unpaired) electrons. The number of benzene rings is 2. The molecule has 0 aromatic heterocycles. The molecule has 0 spiro atoms. The smallest absolute Gasteiger partial charge is 0.387 e. The predicted molar refractivity (Wildman–Crippen MR) is 95.6 cm³/mol. The third kappa shape index (κ3) is 4.51. The fourth-order valence-corrected chi connectivity index (χ4v) is 3.35. The molecule has 0 saturated carbocycles. The Hall–Kier alpha value is -2.18. The summed E-state index contributed by atoms with van der Waals surface area (Å²) in [5.41, 5.74) is 1.66. The van der Waals surface area contributed by atoms with Crippen molar-refractivity contribution in [3.63, 3.8) is 0 Å². The van der Waals surface area contributed by atoms with Gasteiger partial charge in [-0.3, -0.25) is 4.79 Å². The molecule has 3 rings (SSSR count). The van der Waals surface area contributed by atoms with E-state index in [-0.39, 0.29) is 24.1 Å². The van der Waals surface area contributed by atoms with Gasteiger partial charge in [0, 0.05) is 24.7 Å². The second-order valence-electron chi connectivity index (χ2n) is 6.03. The van der Waals surface area contributed by atoms with E-state index in [0.29, 0.717) is 24.7 Å². The highest BCUT2D eigenvalue weighted by molar-refractivity contribution is 6.31. The van der Waals surface area contributed by atoms with Crippen molar-refractivity contribution in [3.05, 3.63) is 64.7 Å². The van der Waals surface area contributed by atoms with Crippen LogP contribution in [0.2, 0.25) is 5.02 Å². The van der Waals surface area contributed by atoms with Crippen molar-refractivity contribution in [2.24, 2.45) is 0 Å². The molecule has 4 nitrogen and oxygen atoms in total. The minimum absolute atomic E-state index is 0.0288. The maximum absolute atomic E-state index is 12.8. The van der Waals surface area contributed by atoms with Crippen LogP contribution in [-0.2, 0) is 11.2 Å². The van der Waals surface area contributed by atoms with Gasteiger partial charge in [-0.25, -0.2) is 0 Å². The standard InChI is InChI=1S/C19H19ClF2N2O2/c20-16-4-2-1-3-15(16)17-12-23-9-10-24(17)18(25)11-13-5-7-14(8-6-13)26-19(21)22/h1-8,17,19,23H,9-12H2. The molecule has 1 aliphatic rings. The van der Waals surface area contributed by atoms with Gasteiger partial charge in [-0.2, -0.15) is 8.78 Å². The molecule has 1 aliphatic heterocycles. The van der Waals surface area contributed by atoms with Crippen molar-refractivity contribution in [2.45, 2.75) is 19.1 Å². The molecule has 1 unspecified atom stereocenters. The third-order valence-electron chi connectivity index (χ3n) is 4.33. The Morgan fingerprint density at radius 3 is 2.65 bits per heavy atom. The average molecular weight is 381 g/mol. The zero-order valence-electron chi connectivity index (χ0n) is 14.0. The molecule has 1 amide bonds. The number of hydrogen-bond donors (Lipinski definition) is 1. The summed E-state index contributed by atoms with van der Waals surface area (Å²) in [4.78, 5) is 14.6. The number of hydrogen-bond acceptors (Lipinski definition) is 3. The molecule has 1 atom stereocenters. The number of piperazine rings is 1. The minimum atomic E-state index is -2.86. The van der Waals surface area contributed by atoms with Gasteiger partial charge in [0.2, 0.25) is 5.91 Å². The van der Waals surface area contributed by atoms with Gasteiger partial charge in [0.1, 0.15) is 5.75 Å². The molecule has 0 aliphatic carbocycles. The molecule has 0 bridgehead atoms. The molecule has 1 N–H and O–H groups in total. The second-order valence-corrected chi connectivity index (χ2v) is 6.43. The lowest BCUT2D eigenvalue weighted by molar-refractivity contribution is -0.133. The Morgan fingerprint density at radius 2 is 1.96 bits per heavy atom. The fourth-order valence-electron chi connectivity index (χ4n) is 3.09. The largest absolute Gasteiger partial charge is 0.435 e. The summed E-state index contributed by atoms with van der Waals surface area (Å²) < 4.78 is 28.7. The molecular weight excluding hydrogens is 362 g/mol. The Kier molecular flexibility index (Phi) is 6.06. The first-order chi connectivity index (χ1) is 12.5. The highest BCUT2D eigenvalue weighted by atomic mass is 35.5. The van der Waals surface area contributed by atoms with Crippen molar-refractivity contribution < 1.29 is 18.3 Å². The number of amides is 1. The van der Waals surface area contributed by atoms with Crippen molar-refractivity contribution in [1.82, 2.24) is 10.2 Å². The fraction of sp³-hybridized carbons (Fsp3) is 0.316. The number of carbonyl (C=O) groups is 1. The van der Waals surface area contributed by atoms with Crippen LogP contribution in [0.5, 0.6) is 5.75 Å². The lowest BCUT2D eigenvalue weighted by Gasteiger charge is -2.37. The summed E-state index contributed by atoms with van der Waals surface area (Å²) in [5.74, 6) is 0.0475. The Bertz CT molecular complexity index is 755. The average Bonchev–Trinajstić information content (AvgIpc) is 2.63. The van der Waals surface area contributed by atoms with E-state index in [1.165, 1.54) is 12.1 Å². The van der Waals surface area contributed by atoms with Gasteiger partial charge >= 0.3 is 6.61 Å². The van der Waals surface area contributed by atoms with Crippen LogP contribution >= 0.6 is 11.6 Å². The second kappa shape index (κ2) is 8.47. The van der Waals surface area contributed by atoms with Gasteiger partial charge in [-0.05, 0) is 29.3 Å². The van der Waals surface area contributed by atoms with E-state index in [0.717, 1.165) is 11.1 Å². The van der Waals surface area contributed by atoms with Crippen LogP contribution in [0.25, 0.3) is 0 Å². The zero-order valence-corrected chi connectivity index (χ0v) is 14.8. The Morgan fingerprint density at radius 1 is 1.23 bits per heavy atom. The van der Waals surface area contributed by atoms with E-state index < -0.39 is 6.61 Å². The van der Waals surface area contributed by atoms with Gasteiger partial charge in [0.05, 0.1) is 12.5 Å². The van der Waals surface area contributed by atoms with Crippen LogP contribution in [0.15, 0.2) is 48.5 Å². The molecule has 2 aromatic carbocycles. The molecule has 7 heteroatoms. The number of ether oxygens (including phenoxy) is 1. The monoisotopic (exact) mass is 380 g/mol. The summed E-state index contributed by atoms with van der Waals surface area (Å²) in [5, 5.41) is 3.93. The van der Waals surface area contributed by atoms with E-state index in [9.17, 15) is 13.6 Å². The molecule has 138 valence electrons. The normalized spacial score (nSPS) is 17.4. The van der Waals surface area contributed by atoms with Crippen LogP contribution in [0, 0.1) is 0 Å². The summed E-state index contributed by atoms with van der Waals surface area (Å²) in [6, 6.07) is 13.5. The highest BCUT2D eigenvalue weighted by Gasteiger charge is 2.29. The van der Waals surface area contributed by atoms with Crippen LogP contribution < -0.4 is 10.1 Å². The lowest BCUT2D eigenvalue weighted by atomic mass is 10.0. The van der Waals surface area contributed by atoms with Crippen LogP contribution in [0.3, 0.4) is 0 Å². The summed E-state index contributed by atoms with van der Waals surface area (Å²) in [6.07, 6.45) is 0.190. The molecule has 2 aromatic rings. The minimum Gasteiger partial charge on any atom is -0.435 e. The highest BCUT2D eigenvalue weighted by Crippen LogP contribution is 2.29. The van der Waals surface area contributed by atoms with Crippen molar-refractivity contribution in [1.29, 1.82) is 0 Å². The lowest BCUT2D eigenvalue weighted by Crippen LogP contribution is -2.49. The quantitative estimate of drug-likeness (QED) is 0.860. The predicted octanol–water partition coefficient (Wildman–Crippen LogP) is 3.66. The molecule has 26 heavy (non-hydrogen) atoms. The van der Waals surface area contributed by atoms with E-state index >= 15 is 0 Å². The van der Waals surface area contributed by atoms with E-state index in [2.05, 4.69) is 10.1 Å². The molecule has 1 heterocycles. The Balaban J connectivity index is 1.72. The van der Waals surface area contributed by atoms with Crippen LogP contribution in [0.4, 0.5) is 8.78 Å². The first kappa shape index (κ1) is 18.6. The molecule has 1 fully saturated rings. The first-order valence-corrected chi connectivity index (χ1v) is 8.71. The van der Waals surface area contributed by atoms with Gasteiger partial charge in [0.15, 0.2) is 0 Å². The molecule has 1 saturated heterocycles. The topological polar surface area (TPSA) is 41.6 Å². The SMILES string of the molecule is O=C(Cc1ccc(OC(F)F)cc1)N1CCNCC1c1ccccc1Cl. The maximum Gasteiger partial charge on any atom is 0.387 e. The zero-order chi connectivity index (χ0) is 18.5. The van der Waals surface area contributed by atoms with Gasteiger partial charge in [-0.15, -0.1) is 0 Å². The number of halogens is 3. The third-order valence-corrected chi connectivity index (χ3v) is 4.68. The van der Waals surface area contributed by atoms with Crippen LogP contribution in [-0.4, -0.2) is 37.1 Å². The van der Waals surface area contributed by atoms with E-state index in [4.69, 9.17) is 11.6 Å². The summed E-state index contributed by atoms with van der Waals surface area (Å²) >= 11 is 6.31. The summed E-state index contributed by atoms with van der Waals surface area (Å²) in [6.45, 7) is -0.925. The van der Waals surface area contributed by atoms with Gasteiger partial charge < -0.3 is 15.0 Å². The molecular formula is C19H19ClF2N2O2. The van der Waals surface area contributed by atoms with Gasteiger partial charge in [-0.1, -0.05) is 41.9 Å². The number of alkyl halides is 2. The van der Waals surface area contributed by atoms with E-state index in [1.807, 2.05) is 29.2 Å². The van der Waals surface area contributed by atoms with Crippen molar-refractivity contribution >= 4 is 17.5 Å². The van der Waals surface area contributed by atoms with E-state index in [1.54, 1.807) is 12.1 Å². The number of nitrogens with one attached hydrogen (secondary N) is 1. The number of nitrogens with zero attached hydrogens (tertiary/aromatic N) is 1. The van der Waals surface area contributed by atoms with Gasteiger partial charge in [0.25, 0.3) is 0 Å². The van der Waals surface area contributed by atoms with Crippen molar-refractivity contribution in [3.8, 4) is 5.75 Å². The number of rotatable bonds is 5. The maximum atomic E-state index is 12.8. The number of carbonyl (C=O) groups excluding carboxylic acids is 1. The Labute approximate surface area is 155 Å². The first-order valence-electron chi connectivity index (χ1n) is 8.33. The van der Waals surface area contributed by atoms with Crippen molar-refractivity contribution in [2.75, 3.05) is 19.6 Å².